The van der Waals surface area contributed by atoms with Crippen LogP contribution in [0.25, 0.3) is 0 Å². The molecular weight excluding hydrogens is 294 g/mol. The summed E-state index contributed by atoms with van der Waals surface area (Å²) in [4.78, 5) is 5.44. The monoisotopic (exact) mass is 319 g/mol. The molecule has 22 heavy (non-hydrogen) atoms. The van der Waals surface area contributed by atoms with Crippen molar-refractivity contribution >= 4 is 11.8 Å². The molecule has 0 bridgehead atoms. The van der Waals surface area contributed by atoms with Crippen LogP contribution in [0.5, 0.6) is 5.75 Å². The van der Waals surface area contributed by atoms with Crippen LogP contribution in [0.3, 0.4) is 0 Å². The van der Waals surface area contributed by atoms with Crippen molar-refractivity contribution in [3.63, 3.8) is 0 Å². The highest BCUT2D eigenvalue weighted by atomic mass is 32.2. The minimum atomic E-state index is 0.556. The van der Waals surface area contributed by atoms with Crippen molar-refractivity contribution in [3.8, 4) is 5.75 Å². The van der Waals surface area contributed by atoms with Crippen LogP contribution < -0.4 is 10.1 Å². The van der Waals surface area contributed by atoms with E-state index >= 15 is 0 Å². The molecule has 5 heteroatoms. The zero-order valence-corrected chi connectivity index (χ0v) is 14.6. The van der Waals surface area contributed by atoms with Gasteiger partial charge in [0, 0.05) is 30.4 Å². The SMILES string of the molecule is COc1cc(CNCC(C)Cn2ccnc2C)ccc1SC. The van der Waals surface area contributed by atoms with Gasteiger partial charge in [0.25, 0.3) is 0 Å². The van der Waals surface area contributed by atoms with E-state index in [4.69, 9.17) is 4.74 Å². The van der Waals surface area contributed by atoms with Gasteiger partial charge in [0.05, 0.1) is 7.11 Å². The van der Waals surface area contributed by atoms with Crippen molar-refractivity contribution in [2.75, 3.05) is 19.9 Å². The molecule has 1 aromatic heterocycles. The summed E-state index contributed by atoms with van der Waals surface area (Å²) < 4.78 is 7.63. The second-order valence-corrected chi connectivity index (χ2v) is 6.40. The number of nitrogens with zero attached hydrogens (tertiary/aromatic N) is 2. The summed E-state index contributed by atoms with van der Waals surface area (Å²) >= 11 is 1.71. The molecule has 2 rings (SSSR count). The van der Waals surface area contributed by atoms with E-state index in [1.54, 1.807) is 18.9 Å². The van der Waals surface area contributed by atoms with Gasteiger partial charge in [-0.2, -0.15) is 0 Å². The Morgan fingerprint density at radius 1 is 1.41 bits per heavy atom. The molecule has 1 N–H and O–H groups in total. The number of aryl methyl sites for hydroxylation is 1. The summed E-state index contributed by atoms with van der Waals surface area (Å²) in [6.45, 7) is 7.12. The molecule has 1 unspecified atom stereocenters. The molecule has 0 aliphatic rings. The number of hydrogen-bond acceptors (Lipinski definition) is 4. The lowest BCUT2D eigenvalue weighted by Gasteiger charge is -2.15. The highest BCUT2D eigenvalue weighted by Gasteiger charge is 2.06. The van der Waals surface area contributed by atoms with Gasteiger partial charge in [-0.15, -0.1) is 11.8 Å². The van der Waals surface area contributed by atoms with Gasteiger partial charge in [-0.05, 0) is 43.3 Å². The van der Waals surface area contributed by atoms with Crippen molar-refractivity contribution < 1.29 is 4.74 Å². The normalized spacial score (nSPS) is 12.4. The van der Waals surface area contributed by atoms with E-state index in [2.05, 4.69) is 46.2 Å². The van der Waals surface area contributed by atoms with E-state index in [0.29, 0.717) is 5.92 Å². The Labute approximate surface area is 137 Å². The van der Waals surface area contributed by atoms with Gasteiger partial charge in [0.15, 0.2) is 0 Å². The third-order valence-corrected chi connectivity index (χ3v) is 4.48. The first-order valence-corrected chi connectivity index (χ1v) is 8.76. The Morgan fingerprint density at radius 2 is 2.23 bits per heavy atom. The number of nitrogens with one attached hydrogen (secondary N) is 1. The molecule has 0 saturated carbocycles. The van der Waals surface area contributed by atoms with E-state index in [1.165, 1.54) is 10.5 Å². The number of hydrogen-bond donors (Lipinski definition) is 1. The zero-order chi connectivity index (χ0) is 15.9. The summed E-state index contributed by atoms with van der Waals surface area (Å²) in [6, 6.07) is 6.40. The maximum atomic E-state index is 5.43. The lowest BCUT2D eigenvalue weighted by molar-refractivity contribution is 0.403. The van der Waals surface area contributed by atoms with E-state index in [-0.39, 0.29) is 0 Å². The Hall–Kier alpha value is -1.46. The number of aromatic nitrogens is 2. The van der Waals surface area contributed by atoms with Crippen LogP contribution in [0, 0.1) is 12.8 Å². The fourth-order valence-electron chi connectivity index (χ4n) is 2.45. The Kier molecular flexibility index (Phi) is 6.34. The molecule has 0 radical (unpaired) electrons. The summed E-state index contributed by atoms with van der Waals surface area (Å²) in [5, 5.41) is 3.53. The molecule has 0 aliphatic carbocycles. The summed E-state index contributed by atoms with van der Waals surface area (Å²) in [6.07, 6.45) is 5.96. The fraction of sp³-hybridized carbons (Fsp3) is 0.471. The minimum Gasteiger partial charge on any atom is -0.496 e. The van der Waals surface area contributed by atoms with E-state index in [9.17, 15) is 0 Å². The Morgan fingerprint density at radius 3 is 2.86 bits per heavy atom. The molecule has 2 aromatic rings. The van der Waals surface area contributed by atoms with Crippen LogP contribution in [0.15, 0.2) is 35.5 Å². The van der Waals surface area contributed by atoms with Crippen molar-refractivity contribution in [1.29, 1.82) is 0 Å². The third kappa shape index (κ3) is 4.52. The summed E-state index contributed by atoms with van der Waals surface area (Å²) in [5.74, 6) is 2.58. The van der Waals surface area contributed by atoms with E-state index < -0.39 is 0 Å². The molecule has 0 aliphatic heterocycles. The molecule has 1 heterocycles. The minimum absolute atomic E-state index is 0.556. The van der Waals surface area contributed by atoms with Crippen LogP contribution in [0.1, 0.15) is 18.3 Å². The highest BCUT2D eigenvalue weighted by Crippen LogP contribution is 2.28. The molecule has 1 aromatic carbocycles. The quantitative estimate of drug-likeness (QED) is 0.757. The lowest BCUT2D eigenvalue weighted by Crippen LogP contribution is -2.24. The molecule has 0 spiro atoms. The molecule has 0 fully saturated rings. The second kappa shape index (κ2) is 8.25. The van der Waals surface area contributed by atoms with Gasteiger partial charge in [0.2, 0.25) is 0 Å². The predicted octanol–water partition coefficient (Wildman–Crippen LogP) is 3.35. The second-order valence-electron chi connectivity index (χ2n) is 5.55. The third-order valence-electron chi connectivity index (χ3n) is 3.70. The first-order valence-electron chi connectivity index (χ1n) is 7.53. The number of thioether (sulfide) groups is 1. The first-order chi connectivity index (χ1) is 10.6. The summed E-state index contributed by atoms with van der Waals surface area (Å²) in [7, 11) is 1.72. The lowest BCUT2D eigenvalue weighted by atomic mass is 10.1. The fourth-order valence-corrected chi connectivity index (χ4v) is 3.00. The largest absolute Gasteiger partial charge is 0.496 e. The van der Waals surface area contributed by atoms with Crippen molar-refractivity contribution in [1.82, 2.24) is 14.9 Å². The molecule has 0 amide bonds. The van der Waals surface area contributed by atoms with Gasteiger partial charge in [0.1, 0.15) is 11.6 Å². The molecule has 120 valence electrons. The van der Waals surface area contributed by atoms with Gasteiger partial charge in [-0.3, -0.25) is 0 Å². The van der Waals surface area contributed by atoms with Crippen molar-refractivity contribution in [2.45, 2.75) is 31.8 Å². The maximum Gasteiger partial charge on any atom is 0.132 e. The predicted molar refractivity (Wildman–Crippen MR) is 92.6 cm³/mol. The number of methoxy groups -OCH3 is 1. The molecule has 0 saturated heterocycles. The smallest absolute Gasteiger partial charge is 0.132 e. The average Bonchev–Trinajstić information content (AvgIpc) is 2.92. The van der Waals surface area contributed by atoms with Gasteiger partial charge >= 0.3 is 0 Å². The van der Waals surface area contributed by atoms with Gasteiger partial charge in [-0.25, -0.2) is 4.98 Å². The number of ether oxygens (including phenoxy) is 1. The van der Waals surface area contributed by atoms with Crippen LogP contribution >= 0.6 is 11.8 Å². The number of rotatable bonds is 8. The number of imidazole rings is 1. The topological polar surface area (TPSA) is 39.1 Å². The van der Waals surface area contributed by atoms with E-state index in [0.717, 1.165) is 31.2 Å². The molecular formula is C17H25N3OS. The highest BCUT2D eigenvalue weighted by molar-refractivity contribution is 7.98. The van der Waals surface area contributed by atoms with Crippen molar-refractivity contribution in [3.05, 3.63) is 42.0 Å². The molecule has 4 nitrogen and oxygen atoms in total. The summed E-state index contributed by atoms with van der Waals surface area (Å²) in [5.41, 5.74) is 1.25. The van der Waals surface area contributed by atoms with Gasteiger partial charge < -0.3 is 14.6 Å². The van der Waals surface area contributed by atoms with E-state index in [1.807, 2.05) is 19.3 Å². The van der Waals surface area contributed by atoms with Crippen LogP contribution in [-0.2, 0) is 13.1 Å². The maximum absolute atomic E-state index is 5.43. The van der Waals surface area contributed by atoms with Crippen molar-refractivity contribution in [2.24, 2.45) is 5.92 Å². The van der Waals surface area contributed by atoms with Crippen LogP contribution in [0.2, 0.25) is 0 Å². The first kappa shape index (κ1) is 16.9. The Bertz CT molecular complexity index is 597. The Balaban J connectivity index is 1.82. The zero-order valence-electron chi connectivity index (χ0n) is 13.8. The molecule has 1 atom stereocenters. The number of benzene rings is 1. The average molecular weight is 319 g/mol. The van der Waals surface area contributed by atoms with Gasteiger partial charge in [-0.1, -0.05) is 13.0 Å². The standard InChI is InChI=1S/C17H25N3OS/c1-13(12-20-8-7-19-14(20)2)10-18-11-15-5-6-17(22-4)16(9-15)21-3/h5-9,13,18H,10-12H2,1-4H3. The van der Waals surface area contributed by atoms with Crippen LogP contribution in [-0.4, -0.2) is 29.5 Å². The van der Waals surface area contributed by atoms with Crippen LogP contribution in [0.4, 0.5) is 0 Å².